The second-order valence-corrected chi connectivity index (χ2v) is 9.85. The second-order valence-electron chi connectivity index (χ2n) is 9.85. The topological polar surface area (TPSA) is 123 Å². The van der Waals surface area contributed by atoms with Crippen LogP contribution in [-0.4, -0.2) is 40.5 Å². The molecule has 36 heavy (non-hydrogen) atoms. The number of carboxylic acid groups (broad SMARTS) is 2. The molecule has 1 aliphatic carbocycles. The van der Waals surface area contributed by atoms with Crippen molar-refractivity contribution in [3.05, 3.63) is 75.9 Å². The lowest BCUT2D eigenvalue weighted by Crippen LogP contribution is -2.41. The van der Waals surface area contributed by atoms with Gasteiger partial charge in [0, 0.05) is 22.6 Å². The van der Waals surface area contributed by atoms with Crippen molar-refractivity contribution in [1.29, 1.82) is 0 Å². The van der Waals surface area contributed by atoms with Gasteiger partial charge in [-0.2, -0.15) is 0 Å². The van der Waals surface area contributed by atoms with Gasteiger partial charge in [0.2, 0.25) is 0 Å². The number of carboxylic acids is 2. The van der Waals surface area contributed by atoms with Gasteiger partial charge in [-0.05, 0) is 75.1 Å². The average Bonchev–Trinajstić information content (AvgIpc) is 3.03. The average molecular weight is 486 g/mol. The zero-order valence-electron chi connectivity index (χ0n) is 20.1. The van der Waals surface area contributed by atoms with Crippen molar-refractivity contribution in [2.75, 3.05) is 0 Å². The Labute approximate surface area is 206 Å². The summed E-state index contributed by atoms with van der Waals surface area (Å²) in [5.74, 6) is -2.15. The molecule has 0 aromatic heterocycles. The maximum absolute atomic E-state index is 12.1. The molecule has 2 aromatic carbocycles. The molecule has 0 saturated carbocycles. The third-order valence-electron chi connectivity index (χ3n) is 7.01. The molecular formula is C27H23BO8. The zero-order valence-corrected chi connectivity index (χ0v) is 20.1. The van der Waals surface area contributed by atoms with E-state index in [1.807, 2.05) is 27.7 Å². The molecule has 5 rings (SSSR count). The van der Waals surface area contributed by atoms with Crippen LogP contribution >= 0.6 is 0 Å². The van der Waals surface area contributed by atoms with Gasteiger partial charge in [-0.15, -0.1) is 0 Å². The van der Waals surface area contributed by atoms with E-state index in [2.05, 4.69) is 0 Å². The van der Waals surface area contributed by atoms with E-state index in [1.54, 1.807) is 24.3 Å². The number of hydrogen-bond acceptors (Lipinski definition) is 6. The molecular weight excluding hydrogens is 463 g/mol. The maximum atomic E-state index is 12.1. The molecule has 3 aliphatic rings. The highest BCUT2D eigenvalue weighted by Crippen LogP contribution is 2.42. The first-order valence-corrected chi connectivity index (χ1v) is 11.4. The van der Waals surface area contributed by atoms with E-state index in [0.717, 1.165) is 0 Å². The van der Waals surface area contributed by atoms with E-state index in [-0.39, 0.29) is 27.9 Å². The molecule has 2 aliphatic heterocycles. The molecule has 2 N–H and O–H groups in total. The lowest BCUT2D eigenvalue weighted by molar-refractivity contribution is 0.00578. The number of carbonyl (C=O) groups is 2. The van der Waals surface area contributed by atoms with Crippen LogP contribution in [0.3, 0.4) is 0 Å². The Kier molecular flexibility index (Phi) is 5.31. The molecule has 0 unspecified atom stereocenters. The smallest absolute Gasteiger partial charge is 0.478 e. The van der Waals surface area contributed by atoms with E-state index >= 15 is 0 Å². The van der Waals surface area contributed by atoms with Crippen LogP contribution in [0, 0.1) is 0 Å². The van der Waals surface area contributed by atoms with Crippen LogP contribution in [0.25, 0.3) is 33.4 Å². The van der Waals surface area contributed by atoms with Crippen LogP contribution in [0.5, 0.6) is 0 Å². The summed E-state index contributed by atoms with van der Waals surface area (Å²) < 4.78 is 18.4. The van der Waals surface area contributed by atoms with Gasteiger partial charge in [-0.3, -0.25) is 4.79 Å². The number of benzene rings is 3. The second kappa shape index (κ2) is 8.04. The lowest BCUT2D eigenvalue weighted by Gasteiger charge is -2.32. The number of fused-ring (bicyclic) bond motifs is 2. The van der Waals surface area contributed by atoms with Gasteiger partial charge in [-0.25, -0.2) is 9.59 Å². The first kappa shape index (κ1) is 23.8. The standard InChI is InChI=1S/C27H23BO8/c1-26(2)27(3,4)36-28(35-26)15-6-9-18-21(12-15)34-22-13-16(29)7-10-19(22)23(18)20-11-14(24(30)31)5-8-17(20)25(32)33/h5-13H,1-4H3,(H,30,31)(H,32,33). The summed E-state index contributed by atoms with van der Waals surface area (Å²) in [6, 6.07) is 13.4. The Balaban J connectivity index is 1.80. The van der Waals surface area contributed by atoms with Gasteiger partial charge < -0.3 is 23.9 Å². The molecule has 182 valence electrons. The van der Waals surface area contributed by atoms with E-state index in [0.29, 0.717) is 27.6 Å². The van der Waals surface area contributed by atoms with Crippen LogP contribution in [0.4, 0.5) is 0 Å². The minimum absolute atomic E-state index is 0.0635. The molecule has 0 bridgehead atoms. The summed E-state index contributed by atoms with van der Waals surface area (Å²) in [6.07, 6.45) is 0. The zero-order chi connectivity index (χ0) is 26.0. The van der Waals surface area contributed by atoms with Crippen LogP contribution in [0.2, 0.25) is 0 Å². The highest BCUT2D eigenvalue weighted by atomic mass is 16.7. The van der Waals surface area contributed by atoms with Crippen molar-refractivity contribution < 1.29 is 33.5 Å². The van der Waals surface area contributed by atoms with Crippen molar-refractivity contribution >= 4 is 35.5 Å². The fourth-order valence-electron chi connectivity index (χ4n) is 4.37. The summed E-state index contributed by atoms with van der Waals surface area (Å²) in [4.78, 5) is 35.9. The molecule has 0 amide bonds. The molecule has 9 heteroatoms. The Morgan fingerprint density at radius 3 is 2.14 bits per heavy atom. The highest BCUT2D eigenvalue weighted by molar-refractivity contribution is 6.62. The van der Waals surface area contributed by atoms with Gasteiger partial charge in [0.15, 0.2) is 5.43 Å². The van der Waals surface area contributed by atoms with E-state index < -0.39 is 30.3 Å². The van der Waals surface area contributed by atoms with Crippen molar-refractivity contribution in [1.82, 2.24) is 0 Å². The predicted octanol–water partition coefficient (Wildman–Crippen LogP) is 4.26. The van der Waals surface area contributed by atoms with Crippen LogP contribution in [-0.2, 0) is 9.31 Å². The summed E-state index contributed by atoms with van der Waals surface area (Å²) in [7, 11) is -0.662. The van der Waals surface area contributed by atoms with Gasteiger partial charge >= 0.3 is 19.1 Å². The molecule has 1 fully saturated rings. The Bertz CT molecular complexity index is 1570. The normalized spacial score (nSPS) is 16.5. The summed E-state index contributed by atoms with van der Waals surface area (Å²) in [6.45, 7) is 7.79. The quantitative estimate of drug-likeness (QED) is 0.324. The summed E-state index contributed by atoms with van der Waals surface area (Å²) in [5.41, 5.74) is 0.668. The summed E-state index contributed by atoms with van der Waals surface area (Å²) >= 11 is 0. The van der Waals surface area contributed by atoms with Gasteiger partial charge in [0.25, 0.3) is 0 Å². The van der Waals surface area contributed by atoms with E-state index in [1.165, 1.54) is 30.3 Å². The van der Waals surface area contributed by atoms with Crippen LogP contribution < -0.4 is 10.9 Å². The Hall–Kier alpha value is -3.95. The molecule has 0 atom stereocenters. The molecule has 8 nitrogen and oxygen atoms in total. The predicted molar refractivity (Wildman–Crippen MR) is 134 cm³/mol. The fourth-order valence-corrected chi connectivity index (χ4v) is 4.37. The Morgan fingerprint density at radius 1 is 0.806 bits per heavy atom. The highest BCUT2D eigenvalue weighted by Gasteiger charge is 2.51. The molecule has 2 aromatic rings. The lowest BCUT2D eigenvalue weighted by atomic mass is 9.78. The molecule has 1 saturated heterocycles. The Morgan fingerprint density at radius 2 is 1.50 bits per heavy atom. The fraction of sp³-hybridized carbons (Fsp3) is 0.222. The summed E-state index contributed by atoms with van der Waals surface area (Å²) in [5, 5.41) is 20.0. The maximum Gasteiger partial charge on any atom is 0.494 e. The minimum atomic E-state index is -1.21. The van der Waals surface area contributed by atoms with E-state index in [9.17, 15) is 24.6 Å². The van der Waals surface area contributed by atoms with Crippen molar-refractivity contribution in [3.63, 3.8) is 0 Å². The number of rotatable bonds is 4. The van der Waals surface area contributed by atoms with Crippen LogP contribution in [0.15, 0.2) is 63.8 Å². The monoisotopic (exact) mass is 486 g/mol. The largest absolute Gasteiger partial charge is 0.494 e. The van der Waals surface area contributed by atoms with Crippen molar-refractivity contribution in [2.24, 2.45) is 0 Å². The SMILES string of the molecule is CC1(C)OB(c2ccc3c(-c4cc(C(=O)O)ccc4C(=O)O)c4ccc(=O)cc-4oc3c2)OC1(C)C. The van der Waals surface area contributed by atoms with Crippen molar-refractivity contribution in [3.8, 4) is 22.5 Å². The molecule has 2 heterocycles. The van der Waals surface area contributed by atoms with Gasteiger partial charge in [-0.1, -0.05) is 12.1 Å². The number of aromatic carboxylic acids is 2. The van der Waals surface area contributed by atoms with Crippen LogP contribution in [0.1, 0.15) is 48.4 Å². The van der Waals surface area contributed by atoms with Crippen molar-refractivity contribution in [2.45, 2.75) is 38.9 Å². The minimum Gasteiger partial charge on any atom is -0.478 e. The van der Waals surface area contributed by atoms with Gasteiger partial charge in [0.05, 0.1) is 22.3 Å². The molecule has 0 spiro atoms. The van der Waals surface area contributed by atoms with Gasteiger partial charge in [0.1, 0.15) is 11.3 Å². The third-order valence-corrected chi connectivity index (χ3v) is 7.01. The third kappa shape index (κ3) is 3.77. The first-order valence-electron chi connectivity index (χ1n) is 11.4. The molecule has 0 radical (unpaired) electrons. The first-order chi connectivity index (χ1) is 16.9. The van der Waals surface area contributed by atoms with E-state index in [4.69, 9.17) is 13.7 Å². The number of hydrogen-bond donors (Lipinski definition) is 2.